The lowest BCUT2D eigenvalue weighted by Gasteiger charge is -2.16. The van der Waals surface area contributed by atoms with Crippen LogP contribution in [0, 0.1) is 13.8 Å². The zero-order valence-corrected chi connectivity index (χ0v) is 15.6. The molecule has 0 atom stereocenters. The molecular weight excluding hydrogens is 326 g/mol. The van der Waals surface area contributed by atoms with Crippen LogP contribution in [-0.2, 0) is 13.0 Å². The number of carbonyl (C=O) groups excluding carboxylic acids is 1. The summed E-state index contributed by atoms with van der Waals surface area (Å²) >= 11 is 0. The van der Waals surface area contributed by atoms with E-state index in [0.29, 0.717) is 12.2 Å². The molecule has 1 aromatic carbocycles. The second kappa shape index (κ2) is 5.87. The minimum absolute atomic E-state index is 0.115. The van der Waals surface area contributed by atoms with Gasteiger partial charge in [-0.1, -0.05) is 12.1 Å². The van der Waals surface area contributed by atoms with Gasteiger partial charge in [-0.25, -0.2) is 4.98 Å². The first kappa shape index (κ1) is 16.6. The summed E-state index contributed by atoms with van der Waals surface area (Å²) in [4.78, 5) is 17.2. The number of pyridine rings is 1. The quantitative estimate of drug-likeness (QED) is 0.786. The molecule has 0 aliphatic carbocycles. The highest BCUT2D eigenvalue weighted by Gasteiger charge is 2.29. The number of imidazole rings is 1. The number of hydrogen-bond donors (Lipinski definition) is 1. The molecule has 4 rings (SSSR count). The topological polar surface area (TPSA) is 55.6 Å². The monoisotopic (exact) mass is 349 g/mol. The lowest BCUT2D eigenvalue weighted by atomic mass is 10.0. The van der Waals surface area contributed by atoms with Gasteiger partial charge in [0.05, 0.1) is 5.69 Å². The third-order valence-corrected chi connectivity index (χ3v) is 4.75. The van der Waals surface area contributed by atoms with E-state index in [4.69, 9.17) is 4.74 Å². The SMILES string of the molecule is Cc1ccn2c(C(=O)NCc3ccc4c(c3)CC(C)(C)O4)c(C)nc2c1. The van der Waals surface area contributed by atoms with E-state index in [1.54, 1.807) is 0 Å². The Morgan fingerprint density at radius 1 is 1.27 bits per heavy atom. The maximum Gasteiger partial charge on any atom is 0.270 e. The summed E-state index contributed by atoms with van der Waals surface area (Å²) in [6.45, 7) is 8.53. The van der Waals surface area contributed by atoms with E-state index in [0.717, 1.165) is 34.6 Å². The normalized spacial score (nSPS) is 14.9. The van der Waals surface area contributed by atoms with Crippen LogP contribution in [-0.4, -0.2) is 20.9 Å². The third kappa shape index (κ3) is 2.94. The summed E-state index contributed by atoms with van der Waals surface area (Å²) in [7, 11) is 0. The van der Waals surface area contributed by atoms with E-state index in [2.05, 4.69) is 30.2 Å². The molecule has 134 valence electrons. The van der Waals surface area contributed by atoms with Crippen molar-refractivity contribution < 1.29 is 9.53 Å². The largest absolute Gasteiger partial charge is 0.487 e. The number of nitrogens with zero attached hydrogens (tertiary/aromatic N) is 2. The van der Waals surface area contributed by atoms with Crippen LogP contribution < -0.4 is 10.1 Å². The molecule has 3 heterocycles. The summed E-state index contributed by atoms with van der Waals surface area (Å²) < 4.78 is 7.75. The second-order valence-electron chi connectivity index (χ2n) is 7.64. The number of amides is 1. The molecule has 0 saturated heterocycles. The molecule has 5 heteroatoms. The highest BCUT2D eigenvalue weighted by molar-refractivity contribution is 5.94. The van der Waals surface area contributed by atoms with Gasteiger partial charge in [-0.05, 0) is 62.6 Å². The van der Waals surface area contributed by atoms with Crippen LogP contribution in [0.5, 0.6) is 5.75 Å². The first-order valence-corrected chi connectivity index (χ1v) is 8.87. The number of nitrogens with one attached hydrogen (secondary N) is 1. The zero-order valence-electron chi connectivity index (χ0n) is 15.6. The molecule has 1 amide bonds. The van der Waals surface area contributed by atoms with Gasteiger partial charge in [-0.15, -0.1) is 0 Å². The van der Waals surface area contributed by atoms with Gasteiger partial charge in [0, 0.05) is 19.2 Å². The lowest BCUT2D eigenvalue weighted by Crippen LogP contribution is -2.25. The number of carbonyl (C=O) groups is 1. The van der Waals surface area contributed by atoms with Crippen LogP contribution in [0.1, 0.15) is 46.7 Å². The molecular formula is C21H23N3O2. The summed E-state index contributed by atoms with van der Waals surface area (Å²) in [5, 5.41) is 3.02. The summed E-state index contributed by atoms with van der Waals surface area (Å²) in [6.07, 6.45) is 2.78. The molecule has 0 fully saturated rings. The van der Waals surface area contributed by atoms with E-state index in [1.807, 2.05) is 48.7 Å². The summed E-state index contributed by atoms with van der Waals surface area (Å²) in [5.41, 5.74) is 5.35. The Morgan fingerprint density at radius 2 is 2.08 bits per heavy atom. The van der Waals surface area contributed by atoms with E-state index in [9.17, 15) is 4.79 Å². The van der Waals surface area contributed by atoms with Gasteiger partial charge in [-0.3, -0.25) is 9.20 Å². The maximum atomic E-state index is 12.7. The summed E-state index contributed by atoms with van der Waals surface area (Å²) in [6, 6.07) is 10.1. The van der Waals surface area contributed by atoms with Crippen molar-refractivity contribution >= 4 is 11.6 Å². The van der Waals surface area contributed by atoms with E-state index in [1.165, 1.54) is 5.56 Å². The number of ether oxygens (including phenoxy) is 1. The number of aryl methyl sites for hydroxylation is 2. The molecule has 1 N–H and O–H groups in total. The van der Waals surface area contributed by atoms with Crippen LogP contribution >= 0.6 is 0 Å². The molecule has 1 aliphatic rings. The van der Waals surface area contributed by atoms with Gasteiger partial charge in [0.25, 0.3) is 5.91 Å². The van der Waals surface area contributed by atoms with Gasteiger partial charge in [0.15, 0.2) is 0 Å². The van der Waals surface area contributed by atoms with Crippen LogP contribution in [0.3, 0.4) is 0 Å². The number of benzene rings is 1. The fourth-order valence-corrected chi connectivity index (χ4v) is 3.58. The molecule has 0 bridgehead atoms. The third-order valence-electron chi connectivity index (χ3n) is 4.75. The van der Waals surface area contributed by atoms with Crippen LogP contribution in [0.2, 0.25) is 0 Å². The summed E-state index contributed by atoms with van der Waals surface area (Å²) in [5.74, 6) is 0.828. The molecule has 0 spiro atoms. The van der Waals surface area contributed by atoms with Crippen molar-refractivity contribution in [3.8, 4) is 5.75 Å². The van der Waals surface area contributed by atoms with Crippen LogP contribution in [0.15, 0.2) is 36.5 Å². The predicted octanol–water partition coefficient (Wildman–Crippen LogP) is 3.59. The van der Waals surface area contributed by atoms with Crippen molar-refractivity contribution in [2.75, 3.05) is 0 Å². The molecule has 0 radical (unpaired) electrons. The number of fused-ring (bicyclic) bond motifs is 2. The van der Waals surface area contributed by atoms with Crippen molar-refractivity contribution in [2.45, 2.75) is 46.3 Å². The van der Waals surface area contributed by atoms with Crippen molar-refractivity contribution in [3.63, 3.8) is 0 Å². The molecule has 26 heavy (non-hydrogen) atoms. The van der Waals surface area contributed by atoms with Crippen molar-refractivity contribution in [2.24, 2.45) is 0 Å². The molecule has 0 saturated carbocycles. The Bertz CT molecular complexity index is 1020. The van der Waals surface area contributed by atoms with Crippen molar-refractivity contribution in [1.29, 1.82) is 0 Å². The Balaban J connectivity index is 1.53. The Morgan fingerprint density at radius 3 is 2.88 bits per heavy atom. The lowest BCUT2D eigenvalue weighted by molar-refractivity contribution is 0.0944. The number of aromatic nitrogens is 2. The first-order valence-electron chi connectivity index (χ1n) is 8.87. The molecule has 0 unspecified atom stereocenters. The predicted molar refractivity (Wildman–Crippen MR) is 101 cm³/mol. The Kier molecular flexibility index (Phi) is 3.75. The van der Waals surface area contributed by atoms with Crippen LogP contribution in [0.4, 0.5) is 0 Å². The van der Waals surface area contributed by atoms with E-state index in [-0.39, 0.29) is 11.5 Å². The van der Waals surface area contributed by atoms with Crippen molar-refractivity contribution in [1.82, 2.24) is 14.7 Å². The maximum absolute atomic E-state index is 12.7. The van der Waals surface area contributed by atoms with E-state index < -0.39 is 0 Å². The minimum Gasteiger partial charge on any atom is -0.487 e. The van der Waals surface area contributed by atoms with Gasteiger partial charge in [-0.2, -0.15) is 0 Å². The Labute approximate surface area is 153 Å². The van der Waals surface area contributed by atoms with Gasteiger partial charge in [0.2, 0.25) is 0 Å². The standard InChI is InChI=1S/C21H23N3O2/c1-13-7-8-24-18(9-13)23-14(2)19(24)20(25)22-12-15-5-6-17-16(10-15)11-21(3,4)26-17/h5-10H,11-12H2,1-4H3,(H,22,25). The van der Waals surface area contributed by atoms with Crippen LogP contribution in [0.25, 0.3) is 5.65 Å². The minimum atomic E-state index is -0.157. The number of rotatable bonds is 3. The van der Waals surface area contributed by atoms with Gasteiger partial charge < -0.3 is 10.1 Å². The molecule has 2 aromatic heterocycles. The van der Waals surface area contributed by atoms with Crippen molar-refractivity contribution in [3.05, 3.63) is 64.6 Å². The van der Waals surface area contributed by atoms with Gasteiger partial charge in [0.1, 0.15) is 22.7 Å². The molecule has 5 nitrogen and oxygen atoms in total. The fourth-order valence-electron chi connectivity index (χ4n) is 3.58. The second-order valence-corrected chi connectivity index (χ2v) is 7.64. The smallest absolute Gasteiger partial charge is 0.270 e. The molecule has 3 aromatic rings. The highest BCUT2D eigenvalue weighted by Crippen LogP contribution is 2.35. The first-order chi connectivity index (χ1) is 12.3. The number of hydrogen-bond acceptors (Lipinski definition) is 3. The fraction of sp³-hybridized carbons (Fsp3) is 0.333. The average Bonchev–Trinajstić information content (AvgIpc) is 3.05. The zero-order chi connectivity index (χ0) is 18.5. The van der Waals surface area contributed by atoms with E-state index >= 15 is 0 Å². The van der Waals surface area contributed by atoms with Gasteiger partial charge >= 0.3 is 0 Å². The Hall–Kier alpha value is -2.82. The highest BCUT2D eigenvalue weighted by atomic mass is 16.5. The molecule has 1 aliphatic heterocycles. The average molecular weight is 349 g/mol.